The predicted octanol–water partition coefficient (Wildman–Crippen LogP) is 3.64. The van der Waals surface area contributed by atoms with Gasteiger partial charge in [0.2, 0.25) is 0 Å². The number of hydrogen-bond donors (Lipinski definition) is 1. The Bertz CT molecular complexity index is 708. The van der Waals surface area contributed by atoms with Crippen molar-refractivity contribution in [1.29, 1.82) is 0 Å². The van der Waals surface area contributed by atoms with Crippen molar-refractivity contribution in [2.75, 3.05) is 0 Å². The van der Waals surface area contributed by atoms with Gasteiger partial charge in [-0.25, -0.2) is 0 Å². The molecule has 21 heavy (non-hydrogen) atoms. The number of para-hydroxylation sites is 1. The number of hydrogen-bond acceptors (Lipinski definition) is 3. The number of carboxylic acid groups (broad SMARTS) is 1. The van der Waals surface area contributed by atoms with Gasteiger partial charge < -0.3 is 5.11 Å². The SMILES string of the molecule is C=Nc1c(CC(=O)O)cccc1C(=O)c1ccc(Br)cc1. The summed E-state index contributed by atoms with van der Waals surface area (Å²) in [5.41, 5.74) is 1.66. The van der Waals surface area contributed by atoms with E-state index in [9.17, 15) is 9.59 Å². The molecule has 2 rings (SSSR count). The summed E-state index contributed by atoms with van der Waals surface area (Å²) in [6, 6.07) is 11.9. The Hall–Kier alpha value is -2.27. The fourth-order valence-electron chi connectivity index (χ4n) is 2.02. The molecule has 0 saturated heterocycles. The molecule has 106 valence electrons. The monoisotopic (exact) mass is 345 g/mol. The third-order valence-electron chi connectivity index (χ3n) is 2.97. The van der Waals surface area contributed by atoms with Gasteiger partial charge in [-0.15, -0.1) is 0 Å². The van der Waals surface area contributed by atoms with Crippen molar-refractivity contribution in [3.8, 4) is 0 Å². The van der Waals surface area contributed by atoms with Crippen LogP contribution in [0.25, 0.3) is 0 Å². The first-order valence-electron chi connectivity index (χ1n) is 6.13. The predicted molar refractivity (Wildman–Crippen MR) is 84.6 cm³/mol. The molecule has 0 atom stereocenters. The third kappa shape index (κ3) is 3.44. The van der Waals surface area contributed by atoms with Crippen LogP contribution < -0.4 is 0 Å². The highest BCUT2D eigenvalue weighted by Gasteiger charge is 2.17. The lowest BCUT2D eigenvalue weighted by atomic mass is 9.97. The summed E-state index contributed by atoms with van der Waals surface area (Å²) in [7, 11) is 0. The number of aliphatic imine (C=N–C) groups is 1. The molecular formula is C16H12BrNO3. The van der Waals surface area contributed by atoms with E-state index in [4.69, 9.17) is 5.11 Å². The zero-order valence-electron chi connectivity index (χ0n) is 11.0. The molecule has 0 saturated carbocycles. The maximum atomic E-state index is 12.5. The van der Waals surface area contributed by atoms with Crippen LogP contribution in [-0.2, 0) is 11.2 Å². The quantitative estimate of drug-likeness (QED) is 0.664. The van der Waals surface area contributed by atoms with Crippen LogP contribution in [0.1, 0.15) is 21.5 Å². The fourth-order valence-corrected chi connectivity index (χ4v) is 2.29. The van der Waals surface area contributed by atoms with Crippen molar-refractivity contribution in [3.05, 3.63) is 63.6 Å². The van der Waals surface area contributed by atoms with Crippen molar-refractivity contribution in [2.24, 2.45) is 4.99 Å². The molecule has 1 N–H and O–H groups in total. The molecule has 0 spiro atoms. The van der Waals surface area contributed by atoms with Gasteiger partial charge in [0, 0.05) is 15.6 Å². The lowest BCUT2D eigenvalue weighted by Gasteiger charge is -2.09. The van der Waals surface area contributed by atoms with E-state index in [-0.39, 0.29) is 12.2 Å². The molecule has 0 aromatic heterocycles. The summed E-state index contributed by atoms with van der Waals surface area (Å²) >= 11 is 3.31. The lowest BCUT2D eigenvalue weighted by Crippen LogP contribution is -2.06. The van der Waals surface area contributed by atoms with Crippen LogP contribution in [-0.4, -0.2) is 23.6 Å². The second kappa shape index (κ2) is 6.45. The van der Waals surface area contributed by atoms with Crippen LogP contribution in [0.4, 0.5) is 5.69 Å². The maximum absolute atomic E-state index is 12.5. The minimum absolute atomic E-state index is 0.199. The van der Waals surface area contributed by atoms with Gasteiger partial charge in [-0.05, 0) is 42.6 Å². The summed E-state index contributed by atoms with van der Waals surface area (Å²) in [5, 5.41) is 8.91. The largest absolute Gasteiger partial charge is 0.481 e. The molecule has 2 aromatic carbocycles. The lowest BCUT2D eigenvalue weighted by molar-refractivity contribution is -0.136. The van der Waals surface area contributed by atoms with Crippen LogP contribution in [0.2, 0.25) is 0 Å². The van der Waals surface area contributed by atoms with Gasteiger partial charge in [-0.2, -0.15) is 0 Å². The van der Waals surface area contributed by atoms with Crippen LogP contribution in [0.15, 0.2) is 51.9 Å². The molecule has 5 heteroatoms. The molecule has 0 unspecified atom stereocenters. The van der Waals surface area contributed by atoms with Crippen LogP contribution >= 0.6 is 15.9 Å². The van der Waals surface area contributed by atoms with Crippen LogP contribution in [0, 0.1) is 0 Å². The second-order valence-corrected chi connectivity index (χ2v) is 5.29. The van der Waals surface area contributed by atoms with Crippen molar-refractivity contribution in [2.45, 2.75) is 6.42 Å². The molecular weight excluding hydrogens is 334 g/mol. The molecule has 0 bridgehead atoms. The first-order chi connectivity index (χ1) is 10.0. The molecule has 2 aromatic rings. The normalized spacial score (nSPS) is 10.1. The molecule has 0 fully saturated rings. The molecule has 0 aliphatic carbocycles. The van der Waals surface area contributed by atoms with Gasteiger partial charge >= 0.3 is 5.97 Å². The highest BCUT2D eigenvalue weighted by molar-refractivity contribution is 9.10. The van der Waals surface area contributed by atoms with E-state index in [1.165, 1.54) is 0 Å². The number of carboxylic acids is 1. The average molecular weight is 346 g/mol. The molecule has 0 aliphatic heterocycles. The van der Waals surface area contributed by atoms with E-state index in [0.29, 0.717) is 22.4 Å². The number of halogens is 1. The van der Waals surface area contributed by atoms with Gasteiger partial charge in [0.15, 0.2) is 5.78 Å². The Kier molecular flexibility index (Phi) is 4.65. The maximum Gasteiger partial charge on any atom is 0.307 e. The van der Waals surface area contributed by atoms with Crippen molar-refractivity contribution < 1.29 is 14.7 Å². The molecule has 0 aliphatic rings. The van der Waals surface area contributed by atoms with E-state index in [0.717, 1.165) is 4.47 Å². The summed E-state index contributed by atoms with van der Waals surface area (Å²) in [6.45, 7) is 3.45. The van der Waals surface area contributed by atoms with Gasteiger partial charge in [0.25, 0.3) is 0 Å². The van der Waals surface area contributed by atoms with E-state index < -0.39 is 5.97 Å². The molecule has 0 heterocycles. The Morgan fingerprint density at radius 2 is 1.81 bits per heavy atom. The standard InChI is InChI=1S/C16H12BrNO3/c1-18-15-11(9-14(19)20)3-2-4-13(15)16(21)10-5-7-12(17)8-6-10/h2-8H,1,9H2,(H,19,20). The zero-order chi connectivity index (χ0) is 15.4. The van der Waals surface area contributed by atoms with Gasteiger partial charge in [0.05, 0.1) is 12.1 Å². The minimum Gasteiger partial charge on any atom is -0.481 e. The van der Waals surface area contributed by atoms with Gasteiger partial charge in [0.1, 0.15) is 0 Å². The van der Waals surface area contributed by atoms with Crippen LogP contribution in [0.3, 0.4) is 0 Å². The van der Waals surface area contributed by atoms with Gasteiger partial charge in [-0.1, -0.05) is 28.1 Å². The Balaban J connectivity index is 2.48. The molecule has 4 nitrogen and oxygen atoms in total. The third-order valence-corrected chi connectivity index (χ3v) is 3.50. The summed E-state index contributed by atoms with van der Waals surface area (Å²) in [6.07, 6.45) is -0.199. The number of aliphatic carboxylic acids is 1. The first kappa shape index (κ1) is 15.1. The Morgan fingerprint density at radius 1 is 1.14 bits per heavy atom. The van der Waals surface area contributed by atoms with Crippen molar-refractivity contribution >= 4 is 40.1 Å². The summed E-state index contributed by atoms with van der Waals surface area (Å²) in [4.78, 5) is 27.2. The number of carbonyl (C=O) groups is 2. The van der Waals surface area contributed by atoms with E-state index in [2.05, 4.69) is 27.6 Å². The van der Waals surface area contributed by atoms with Crippen LogP contribution in [0.5, 0.6) is 0 Å². The second-order valence-electron chi connectivity index (χ2n) is 4.38. The van der Waals surface area contributed by atoms with E-state index in [1.807, 2.05) is 0 Å². The number of ketones is 1. The number of rotatable bonds is 5. The Morgan fingerprint density at radius 3 is 2.38 bits per heavy atom. The van der Waals surface area contributed by atoms with E-state index >= 15 is 0 Å². The number of carbonyl (C=O) groups excluding carboxylic acids is 1. The summed E-state index contributed by atoms with van der Waals surface area (Å²) < 4.78 is 0.876. The van der Waals surface area contributed by atoms with Crippen molar-refractivity contribution in [3.63, 3.8) is 0 Å². The van der Waals surface area contributed by atoms with Crippen molar-refractivity contribution in [1.82, 2.24) is 0 Å². The average Bonchev–Trinajstić information content (AvgIpc) is 2.46. The summed E-state index contributed by atoms with van der Waals surface area (Å²) in [5.74, 6) is -1.19. The minimum atomic E-state index is -0.979. The number of nitrogens with zero attached hydrogens (tertiary/aromatic N) is 1. The van der Waals surface area contributed by atoms with Gasteiger partial charge in [-0.3, -0.25) is 14.6 Å². The molecule has 0 amide bonds. The fraction of sp³-hybridized carbons (Fsp3) is 0.0625. The highest BCUT2D eigenvalue weighted by atomic mass is 79.9. The highest BCUT2D eigenvalue weighted by Crippen LogP contribution is 2.27. The topological polar surface area (TPSA) is 66.7 Å². The zero-order valence-corrected chi connectivity index (χ0v) is 12.6. The Labute approximate surface area is 130 Å². The smallest absolute Gasteiger partial charge is 0.307 e. The number of benzene rings is 2. The van der Waals surface area contributed by atoms with E-state index in [1.54, 1.807) is 42.5 Å². The first-order valence-corrected chi connectivity index (χ1v) is 6.93. The molecule has 0 radical (unpaired) electrons.